The summed E-state index contributed by atoms with van der Waals surface area (Å²) in [6.07, 6.45) is 0. The van der Waals surface area contributed by atoms with E-state index in [1.165, 1.54) is 0 Å². The van der Waals surface area contributed by atoms with Gasteiger partial charge in [-0.05, 0) is 61.0 Å². The van der Waals surface area contributed by atoms with Crippen LogP contribution in [0.5, 0.6) is 5.75 Å². The Labute approximate surface area is 113 Å². The second-order valence-electron chi connectivity index (χ2n) is 4.52. The third-order valence-electron chi connectivity index (χ3n) is 2.54. The molecule has 2 aromatic carbocycles. The molecular weight excluding hydrogens is 236 g/mol. The summed E-state index contributed by atoms with van der Waals surface area (Å²) in [6, 6.07) is 15.4. The molecule has 0 saturated heterocycles. The molecule has 2 aromatic rings. The monoisotopic (exact) mass is 254 g/mol. The summed E-state index contributed by atoms with van der Waals surface area (Å²) in [4.78, 5) is 0. The average Bonchev–Trinajstić information content (AvgIpc) is 2.40. The van der Waals surface area contributed by atoms with E-state index in [-0.39, 0.29) is 0 Å². The lowest BCUT2D eigenvalue weighted by Crippen LogP contribution is -1.97. The van der Waals surface area contributed by atoms with Crippen LogP contribution in [0.4, 0.5) is 17.1 Å². The van der Waals surface area contributed by atoms with Gasteiger partial charge in [0, 0.05) is 17.1 Å². The number of ether oxygens (including phenoxy) is 1. The Bertz CT molecular complexity index is 544. The van der Waals surface area contributed by atoms with Gasteiger partial charge >= 0.3 is 0 Å². The zero-order valence-electron chi connectivity index (χ0n) is 11.0. The van der Waals surface area contributed by atoms with Crippen molar-refractivity contribution in [3.63, 3.8) is 0 Å². The minimum absolute atomic E-state index is 0.546. The number of nitrogens with one attached hydrogen (secondary N) is 1. The van der Waals surface area contributed by atoms with Gasteiger partial charge in [0.15, 0.2) is 0 Å². The van der Waals surface area contributed by atoms with Crippen molar-refractivity contribution in [2.24, 2.45) is 0 Å². The molecule has 0 fully saturated rings. The normalized spacial score (nSPS) is 9.95. The lowest BCUT2D eigenvalue weighted by Gasteiger charge is -2.09. The van der Waals surface area contributed by atoms with Crippen molar-refractivity contribution >= 4 is 17.1 Å². The zero-order chi connectivity index (χ0) is 13.7. The molecule has 0 spiro atoms. The van der Waals surface area contributed by atoms with Crippen LogP contribution >= 0.6 is 0 Å². The minimum atomic E-state index is 0.546. The second kappa shape index (κ2) is 5.96. The first-order valence-corrected chi connectivity index (χ1v) is 6.13. The summed E-state index contributed by atoms with van der Waals surface area (Å²) in [7, 11) is 0. The maximum Gasteiger partial charge on any atom is 0.119 e. The van der Waals surface area contributed by atoms with Crippen molar-refractivity contribution in [3.8, 4) is 5.75 Å². The van der Waals surface area contributed by atoms with Crippen LogP contribution in [0.25, 0.3) is 0 Å². The summed E-state index contributed by atoms with van der Waals surface area (Å²) in [5.41, 5.74) is 9.42. The Hall–Kier alpha value is -2.42. The number of nitrogen functional groups attached to an aromatic ring is 1. The molecule has 19 heavy (non-hydrogen) atoms. The highest BCUT2D eigenvalue weighted by atomic mass is 16.5. The SMILES string of the molecule is C=C(C)COc1ccc(Nc2ccc(N)cc2)cc1. The van der Waals surface area contributed by atoms with Gasteiger partial charge in [-0.15, -0.1) is 0 Å². The molecule has 0 amide bonds. The number of anilines is 3. The molecule has 0 aliphatic rings. The quantitative estimate of drug-likeness (QED) is 0.627. The molecule has 98 valence electrons. The highest BCUT2D eigenvalue weighted by Gasteiger charge is 1.97. The van der Waals surface area contributed by atoms with Crippen LogP contribution in [0.2, 0.25) is 0 Å². The number of nitrogens with two attached hydrogens (primary N) is 1. The van der Waals surface area contributed by atoms with Gasteiger partial charge in [-0.1, -0.05) is 6.58 Å². The highest BCUT2D eigenvalue weighted by molar-refractivity contribution is 5.62. The van der Waals surface area contributed by atoms with Gasteiger partial charge in [0.05, 0.1) is 0 Å². The maximum atomic E-state index is 5.65. The first-order chi connectivity index (χ1) is 9.13. The molecule has 0 atom stereocenters. The fourth-order valence-electron chi connectivity index (χ4n) is 1.57. The van der Waals surface area contributed by atoms with Crippen LogP contribution in [-0.2, 0) is 0 Å². The van der Waals surface area contributed by atoms with E-state index in [0.29, 0.717) is 6.61 Å². The van der Waals surface area contributed by atoms with Crippen molar-refractivity contribution in [3.05, 3.63) is 60.7 Å². The van der Waals surface area contributed by atoms with E-state index < -0.39 is 0 Å². The van der Waals surface area contributed by atoms with Gasteiger partial charge in [-0.2, -0.15) is 0 Å². The molecule has 3 heteroatoms. The fraction of sp³-hybridized carbons (Fsp3) is 0.125. The fourth-order valence-corrected chi connectivity index (χ4v) is 1.57. The molecule has 3 N–H and O–H groups in total. The van der Waals surface area contributed by atoms with E-state index in [1.54, 1.807) is 0 Å². The van der Waals surface area contributed by atoms with Gasteiger partial charge in [0.1, 0.15) is 12.4 Å². The van der Waals surface area contributed by atoms with E-state index >= 15 is 0 Å². The van der Waals surface area contributed by atoms with Gasteiger partial charge < -0.3 is 15.8 Å². The lowest BCUT2D eigenvalue weighted by molar-refractivity contribution is 0.353. The molecular formula is C16H18N2O. The number of benzene rings is 2. The van der Waals surface area contributed by atoms with Gasteiger partial charge in [0.2, 0.25) is 0 Å². The molecule has 0 radical (unpaired) electrons. The first-order valence-electron chi connectivity index (χ1n) is 6.13. The van der Waals surface area contributed by atoms with Crippen LogP contribution in [0.1, 0.15) is 6.92 Å². The lowest BCUT2D eigenvalue weighted by atomic mass is 10.2. The Morgan fingerprint density at radius 3 is 2.11 bits per heavy atom. The first kappa shape index (κ1) is 13.0. The molecule has 0 bridgehead atoms. The van der Waals surface area contributed by atoms with E-state index in [1.807, 2.05) is 55.5 Å². The molecule has 0 aliphatic carbocycles. The highest BCUT2D eigenvalue weighted by Crippen LogP contribution is 2.21. The molecule has 0 heterocycles. The molecule has 0 saturated carbocycles. The standard InChI is InChI=1S/C16H18N2O/c1-12(2)11-19-16-9-7-15(8-10-16)18-14-5-3-13(17)4-6-14/h3-10,18H,1,11,17H2,2H3. The van der Waals surface area contributed by atoms with Crippen LogP contribution in [0.15, 0.2) is 60.7 Å². The Balaban J connectivity index is 1.98. The predicted octanol–water partition coefficient (Wildman–Crippen LogP) is 3.97. The average molecular weight is 254 g/mol. The summed E-state index contributed by atoms with van der Waals surface area (Å²) in [5.74, 6) is 0.839. The summed E-state index contributed by atoms with van der Waals surface area (Å²) in [6.45, 7) is 6.29. The smallest absolute Gasteiger partial charge is 0.119 e. The van der Waals surface area contributed by atoms with Crippen molar-refractivity contribution < 1.29 is 4.74 Å². The second-order valence-corrected chi connectivity index (χ2v) is 4.52. The van der Waals surface area contributed by atoms with E-state index in [9.17, 15) is 0 Å². The molecule has 3 nitrogen and oxygen atoms in total. The molecule has 0 unspecified atom stereocenters. The molecule has 0 aromatic heterocycles. The van der Waals surface area contributed by atoms with Crippen LogP contribution in [-0.4, -0.2) is 6.61 Å². The third kappa shape index (κ3) is 4.07. The van der Waals surface area contributed by atoms with Gasteiger partial charge in [-0.25, -0.2) is 0 Å². The van der Waals surface area contributed by atoms with Crippen molar-refractivity contribution in [1.82, 2.24) is 0 Å². The Morgan fingerprint density at radius 2 is 1.58 bits per heavy atom. The summed E-state index contributed by atoms with van der Waals surface area (Å²) >= 11 is 0. The molecule has 2 rings (SSSR count). The maximum absolute atomic E-state index is 5.65. The van der Waals surface area contributed by atoms with Crippen LogP contribution in [0, 0.1) is 0 Å². The van der Waals surface area contributed by atoms with E-state index in [0.717, 1.165) is 28.4 Å². The van der Waals surface area contributed by atoms with Gasteiger partial charge in [0.25, 0.3) is 0 Å². The Morgan fingerprint density at radius 1 is 1.05 bits per heavy atom. The van der Waals surface area contributed by atoms with Crippen molar-refractivity contribution in [1.29, 1.82) is 0 Å². The summed E-state index contributed by atoms with van der Waals surface area (Å²) < 4.78 is 5.54. The van der Waals surface area contributed by atoms with Crippen LogP contribution < -0.4 is 15.8 Å². The number of hydrogen-bond donors (Lipinski definition) is 2. The largest absolute Gasteiger partial charge is 0.489 e. The number of rotatable bonds is 5. The Kier molecular flexibility index (Phi) is 4.08. The third-order valence-corrected chi connectivity index (χ3v) is 2.54. The topological polar surface area (TPSA) is 47.3 Å². The minimum Gasteiger partial charge on any atom is -0.489 e. The zero-order valence-corrected chi connectivity index (χ0v) is 11.0. The van der Waals surface area contributed by atoms with Crippen molar-refractivity contribution in [2.75, 3.05) is 17.7 Å². The predicted molar refractivity (Wildman–Crippen MR) is 80.9 cm³/mol. The van der Waals surface area contributed by atoms with Gasteiger partial charge in [-0.3, -0.25) is 0 Å². The van der Waals surface area contributed by atoms with E-state index in [2.05, 4.69) is 11.9 Å². The van der Waals surface area contributed by atoms with Crippen LogP contribution in [0.3, 0.4) is 0 Å². The van der Waals surface area contributed by atoms with Crippen molar-refractivity contribution in [2.45, 2.75) is 6.92 Å². The summed E-state index contributed by atoms with van der Waals surface area (Å²) in [5, 5.41) is 3.29. The number of hydrogen-bond acceptors (Lipinski definition) is 3. The van der Waals surface area contributed by atoms with E-state index in [4.69, 9.17) is 10.5 Å². The molecule has 0 aliphatic heterocycles.